The van der Waals surface area contributed by atoms with Crippen LogP contribution in [0.4, 0.5) is 17.6 Å². The van der Waals surface area contributed by atoms with Crippen molar-refractivity contribution >= 4 is 34.2 Å². The number of aromatic nitrogens is 2. The summed E-state index contributed by atoms with van der Waals surface area (Å²) in [6.45, 7) is -0.694. The second kappa shape index (κ2) is 8.42. The van der Waals surface area contributed by atoms with Crippen molar-refractivity contribution < 1.29 is 27.2 Å². The third kappa shape index (κ3) is 4.47. The Labute approximate surface area is 182 Å². The highest BCUT2D eigenvalue weighted by atomic mass is 32.1. The summed E-state index contributed by atoms with van der Waals surface area (Å²) in [6, 6.07) is 14.8. The van der Waals surface area contributed by atoms with Gasteiger partial charge in [0.2, 0.25) is 5.82 Å². The van der Waals surface area contributed by atoms with E-state index < -0.39 is 30.4 Å². The Kier molecular flexibility index (Phi) is 5.66. The zero-order valence-corrected chi connectivity index (χ0v) is 16.9. The Morgan fingerprint density at radius 2 is 1.69 bits per heavy atom. The van der Waals surface area contributed by atoms with Crippen molar-refractivity contribution in [3.63, 3.8) is 0 Å². The SMILES string of the molecule is O=C(Cn1c(C(F)(F)F)nc2ccccc21)NNC(=O)c1ccc(-c2ccc(F)cc2)s1. The number of nitrogens with one attached hydrogen (secondary N) is 2. The summed E-state index contributed by atoms with van der Waals surface area (Å²) in [7, 11) is 0. The minimum Gasteiger partial charge on any atom is -0.311 e. The van der Waals surface area contributed by atoms with Crippen molar-refractivity contribution in [2.24, 2.45) is 0 Å². The van der Waals surface area contributed by atoms with Crippen molar-refractivity contribution in [2.45, 2.75) is 12.7 Å². The van der Waals surface area contributed by atoms with Crippen LogP contribution in [0.3, 0.4) is 0 Å². The summed E-state index contributed by atoms with van der Waals surface area (Å²) >= 11 is 1.11. The molecule has 0 saturated carbocycles. The van der Waals surface area contributed by atoms with E-state index in [1.54, 1.807) is 24.3 Å². The van der Waals surface area contributed by atoms with E-state index >= 15 is 0 Å². The highest BCUT2D eigenvalue weighted by Crippen LogP contribution is 2.31. The first kappa shape index (κ1) is 21.5. The normalized spacial score (nSPS) is 11.5. The molecule has 0 aliphatic heterocycles. The fourth-order valence-corrected chi connectivity index (χ4v) is 3.96. The van der Waals surface area contributed by atoms with Crippen molar-refractivity contribution in [2.75, 3.05) is 0 Å². The van der Waals surface area contributed by atoms with Crippen LogP contribution in [0.15, 0.2) is 60.7 Å². The molecular formula is C21H14F4N4O2S. The number of hydrogen-bond donors (Lipinski definition) is 2. The molecule has 0 saturated heterocycles. The predicted molar refractivity (Wildman–Crippen MR) is 110 cm³/mol. The summed E-state index contributed by atoms with van der Waals surface area (Å²) in [6.07, 6.45) is -4.75. The third-order valence-corrected chi connectivity index (χ3v) is 5.62. The van der Waals surface area contributed by atoms with Crippen LogP contribution in [0.25, 0.3) is 21.5 Å². The number of para-hydroxylation sites is 2. The average Bonchev–Trinajstić information content (AvgIpc) is 3.38. The molecule has 2 aromatic heterocycles. The molecular weight excluding hydrogens is 448 g/mol. The molecule has 0 spiro atoms. The number of carbonyl (C=O) groups is 2. The molecule has 2 heterocycles. The lowest BCUT2D eigenvalue weighted by atomic mass is 10.2. The Morgan fingerprint density at radius 3 is 2.41 bits per heavy atom. The predicted octanol–water partition coefficient (Wildman–Crippen LogP) is 4.38. The minimum absolute atomic E-state index is 0.101. The number of halogens is 4. The number of fused-ring (bicyclic) bond motifs is 1. The molecule has 11 heteroatoms. The van der Waals surface area contributed by atoms with E-state index in [1.165, 1.54) is 36.4 Å². The van der Waals surface area contributed by atoms with E-state index in [0.717, 1.165) is 15.9 Å². The molecule has 0 fully saturated rings. The topological polar surface area (TPSA) is 76.0 Å². The van der Waals surface area contributed by atoms with Gasteiger partial charge in [0.25, 0.3) is 11.8 Å². The monoisotopic (exact) mass is 462 g/mol. The van der Waals surface area contributed by atoms with Gasteiger partial charge in [-0.3, -0.25) is 20.4 Å². The molecule has 164 valence electrons. The van der Waals surface area contributed by atoms with Crippen LogP contribution in [-0.4, -0.2) is 21.4 Å². The molecule has 2 amide bonds. The lowest BCUT2D eigenvalue weighted by Crippen LogP contribution is -2.43. The number of hydrazine groups is 1. The number of nitrogens with zero attached hydrogens (tertiary/aromatic N) is 2. The summed E-state index contributed by atoms with van der Waals surface area (Å²) in [5.41, 5.74) is 5.27. The van der Waals surface area contributed by atoms with Gasteiger partial charge in [-0.15, -0.1) is 11.3 Å². The van der Waals surface area contributed by atoms with E-state index in [1.807, 2.05) is 0 Å². The zero-order valence-electron chi connectivity index (χ0n) is 16.1. The van der Waals surface area contributed by atoms with E-state index in [4.69, 9.17) is 0 Å². The van der Waals surface area contributed by atoms with Crippen molar-refractivity contribution in [3.8, 4) is 10.4 Å². The van der Waals surface area contributed by atoms with Crippen LogP contribution in [-0.2, 0) is 17.5 Å². The van der Waals surface area contributed by atoms with E-state index in [2.05, 4.69) is 15.8 Å². The van der Waals surface area contributed by atoms with Gasteiger partial charge in [0.05, 0.1) is 15.9 Å². The Balaban J connectivity index is 1.44. The first-order valence-electron chi connectivity index (χ1n) is 9.20. The zero-order chi connectivity index (χ0) is 22.9. The largest absolute Gasteiger partial charge is 0.449 e. The van der Waals surface area contributed by atoms with Gasteiger partial charge >= 0.3 is 6.18 Å². The first-order valence-corrected chi connectivity index (χ1v) is 10.0. The van der Waals surface area contributed by atoms with E-state index in [9.17, 15) is 27.2 Å². The highest BCUT2D eigenvalue weighted by Gasteiger charge is 2.38. The van der Waals surface area contributed by atoms with Gasteiger partial charge in [0.1, 0.15) is 12.4 Å². The summed E-state index contributed by atoms with van der Waals surface area (Å²) in [5.74, 6) is -3.08. The fourth-order valence-electron chi connectivity index (χ4n) is 3.05. The summed E-state index contributed by atoms with van der Waals surface area (Å²) in [4.78, 5) is 29.1. The van der Waals surface area contributed by atoms with Crippen LogP contribution in [0.1, 0.15) is 15.5 Å². The Hall–Kier alpha value is -3.73. The maximum absolute atomic E-state index is 13.3. The van der Waals surface area contributed by atoms with Gasteiger partial charge in [-0.1, -0.05) is 24.3 Å². The lowest BCUT2D eigenvalue weighted by Gasteiger charge is -2.12. The molecule has 4 aromatic rings. The fraction of sp³-hybridized carbons (Fsp3) is 0.0952. The van der Waals surface area contributed by atoms with E-state index in [-0.39, 0.29) is 21.7 Å². The molecule has 4 rings (SSSR count). The van der Waals surface area contributed by atoms with E-state index in [0.29, 0.717) is 10.4 Å². The molecule has 2 aromatic carbocycles. The van der Waals surface area contributed by atoms with Gasteiger partial charge in [-0.25, -0.2) is 9.37 Å². The maximum atomic E-state index is 13.3. The van der Waals surface area contributed by atoms with Gasteiger partial charge in [-0.05, 0) is 42.0 Å². The molecule has 0 aliphatic rings. The first-order chi connectivity index (χ1) is 15.2. The van der Waals surface area contributed by atoms with Crippen molar-refractivity contribution in [3.05, 3.63) is 77.2 Å². The van der Waals surface area contributed by atoms with Crippen LogP contribution >= 0.6 is 11.3 Å². The van der Waals surface area contributed by atoms with Crippen LogP contribution in [0.2, 0.25) is 0 Å². The van der Waals surface area contributed by atoms with Crippen LogP contribution < -0.4 is 10.9 Å². The van der Waals surface area contributed by atoms with Gasteiger partial charge in [0, 0.05) is 4.88 Å². The molecule has 2 N–H and O–H groups in total. The van der Waals surface area contributed by atoms with Gasteiger partial charge < -0.3 is 4.57 Å². The second-order valence-corrected chi connectivity index (χ2v) is 7.76. The van der Waals surface area contributed by atoms with Gasteiger partial charge in [-0.2, -0.15) is 13.2 Å². The van der Waals surface area contributed by atoms with Crippen LogP contribution in [0.5, 0.6) is 0 Å². The smallest absolute Gasteiger partial charge is 0.311 e. The number of amides is 2. The highest BCUT2D eigenvalue weighted by molar-refractivity contribution is 7.17. The third-order valence-electron chi connectivity index (χ3n) is 4.48. The molecule has 0 aliphatic carbocycles. The Morgan fingerprint density at radius 1 is 0.969 bits per heavy atom. The maximum Gasteiger partial charge on any atom is 0.449 e. The molecule has 32 heavy (non-hydrogen) atoms. The molecule has 0 atom stereocenters. The lowest BCUT2D eigenvalue weighted by molar-refractivity contribution is -0.147. The van der Waals surface area contributed by atoms with Crippen molar-refractivity contribution in [1.29, 1.82) is 0 Å². The Bertz CT molecular complexity index is 1300. The number of thiophene rings is 1. The number of carbonyl (C=O) groups excluding carboxylic acids is 2. The second-order valence-electron chi connectivity index (χ2n) is 6.68. The number of alkyl halides is 3. The quantitative estimate of drug-likeness (QED) is 0.349. The van der Waals surface area contributed by atoms with Crippen LogP contribution in [0, 0.1) is 5.82 Å². The van der Waals surface area contributed by atoms with Gasteiger partial charge in [0.15, 0.2) is 0 Å². The average molecular weight is 462 g/mol. The summed E-state index contributed by atoms with van der Waals surface area (Å²) in [5, 5.41) is 0. The number of imidazole rings is 1. The molecule has 0 unspecified atom stereocenters. The van der Waals surface area contributed by atoms with Crippen molar-refractivity contribution in [1.82, 2.24) is 20.4 Å². The number of benzene rings is 2. The molecule has 0 bridgehead atoms. The standard InChI is InChI=1S/C21H14F4N4O2S/c22-13-7-5-12(6-8-13)16-9-10-17(32-16)19(31)28-27-18(30)11-29-15-4-2-1-3-14(15)26-20(29)21(23,24)25/h1-10H,11H2,(H,27,30)(H,28,31). The minimum atomic E-state index is -4.75. The number of rotatable bonds is 4. The molecule has 0 radical (unpaired) electrons. The number of hydrogen-bond acceptors (Lipinski definition) is 4. The molecule has 6 nitrogen and oxygen atoms in total. The summed E-state index contributed by atoms with van der Waals surface area (Å²) < 4.78 is 53.8.